The number of hydrogen-bond donors (Lipinski definition) is 2. The zero-order valence-electron chi connectivity index (χ0n) is 13.1. The first-order valence-electron chi connectivity index (χ1n) is 7.31. The molecule has 4 heteroatoms. The van der Waals surface area contributed by atoms with Gasteiger partial charge in [-0.25, -0.2) is 9.97 Å². The highest BCUT2D eigenvalue weighted by Gasteiger charge is 2.10. The Hall–Kier alpha value is -1.94. The second-order valence-corrected chi connectivity index (χ2v) is 5.77. The Bertz CT molecular complexity index is 600. The third-order valence-corrected chi connectivity index (χ3v) is 3.38. The Balaban J connectivity index is 2.24. The van der Waals surface area contributed by atoms with Gasteiger partial charge < -0.3 is 10.4 Å². The van der Waals surface area contributed by atoms with Crippen molar-refractivity contribution in [2.75, 3.05) is 6.54 Å². The number of aryl methyl sites for hydroxylation is 2. The number of aromatic hydroxyl groups is 1. The highest BCUT2D eigenvalue weighted by molar-refractivity contribution is 5.58. The molecule has 21 heavy (non-hydrogen) atoms. The van der Waals surface area contributed by atoms with E-state index in [-0.39, 0.29) is 5.75 Å². The maximum Gasteiger partial charge on any atom is 0.159 e. The fourth-order valence-electron chi connectivity index (χ4n) is 2.26. The maximum atomic E-state index is 9.57. The van der Waals surface area contributed by atoms with Crippen LogP contribution < -0.4 is 5.32 Å². The van der Waals surface area contributed by atoms with Gasteiger partial charge >= 0.3 is 0 Å². The van der Waals surface area contributed by atoms with Crippen LogP contribution in [0.4, 0.5) is 0 Å². The van der Waals surface area contributed by atoms with Crippen molar-refractivity contribution in [3.05, 3.63) is 41.2 Å². The van der Waals surface area contributed by atoms with E-state index in [0.29, 0.717) is 11.7 Å². The highest BCUT2D eigenvalue weighted by atomic mass is 16.3. The van der Waals surface area contributed by atoms with Crippen LogP contribution in [-0.2, 0) is 6.54 Å². The second-order valence-electron chi connectivity index (χ2n) is 5.77. The van der Waals surface area contributed by atoms with Crippen molar-refractivity contribution in [1.82, 2.24) is 15.3 Å². The van der Waals surface area contributed by atoms with Gasteiger partial charge in [-0.15, -0.1) is 0 Å². The molecular formula is C17H23N3O. The Morgan fingerprint density at radius 1 is 1.14 bits per heavy atom. The summed E-state index contributed by atoms with van der Waals surface area (Å²) in [5.74, 6) is 1.51. The third-order valence-electron chi connectivity index (χ3n) is 3.38. The van der Waals surface area contributed by atoms with Crippen molar-refractivity contribution in [2.24, 2.45) is 5.92 Å². The molecule has 1 aromatic carbocycles. The van der Waals surface area contributed by atoms with Gasteiger partial charge in [0.05, 0.1) is 0 Å². The van der Waals surface area contributed by atoms with E-state index in [1.54, 1.807) is 18.2 Å². The molecule has 1 heterocycles. The first-order chi connectivity index (χ1) is 9.97. The molecule has 0 aliphatic carbocycles. The number of aromatic nitrogens is 2. The molecule has 0 aliphatic heterocycles. The van der Waals surface area contributed by atoms with Gasteiger partial charge in [-0.2, -0.15) is 0 Å². The number of benzene rings is 1. The summed E-state index contributed by atoms with van der Waals surface area (Å²) in [7, 11) is 0. The zero-order valence-corrected chi connectivity index (χ0v) is 13.1. The van der Waals surface area contributed by atoms with E-state index >= 15 is 0 Å². The molecule has 0 saturated carbocycles. The van der Waals surface area contributed by atoms with Crippen LogP contribution in [-0.4, -0.2) is 21.6 Å². The largest absolute Gasteiger partial charge is 0.508 e. The molecule has 4 nitrogen and oxygen atoms in total. The summed E-state index contributed by atoms with van der Waals surface area (Å²) in [5.41, 5.74) is 3.96. The maximum absolute atomic E-state index is 9.57. The average Bonchev–Trinajstić information content (AvgIpc) is 2.41. The van der Waals surface area contributed by atoms with Crippen molar-refractivity contribution in [3.63, 3.8) is 0 Å². The molecule has 0 amide bonds. The number of phenolic OH excluding ortho intramolecular Hbond substituents is 1. The highest BCUT2D eigenvalue weighted by Crippen LogP contribution is 2.22. The van der Waals surface area contributed by atoms with E-state index in [0.717, 1.165) is 35.6 Å². The minimum atomic E-state index is 0.231. The molecule has 2 rings (SSSR count). The number of nitrogens with one attached hydrogen (secondary N) is 1. The summed E-state index contributed by atoms with van der Waals surface area (Å²) in [6.07, 6.45) is 0. The summed E-state index contributed by atoms with van der Waals surface area (Å²) in [4.78, 5) is 9.16. The quantitative estimate of drug-likeness (QED) is 0.885. The van der Waals surface area contributed by atoms with E-state index < -0.39 is 0 Å². The van der Waals surface area contributed by atoms with Crippen LogP contribution in [0.5, 0.6) is 5.75 Å². The van der Waals surface area contributed by atoms with Crippen molar-refractivity contribution in [3.8, 4) is 17.1 Å². The lowest BCUT2D eigenvalue weighted by Gasteiger charge is -2.13. The standard InChI is InChI=1S/C17H23N3O/c1-11(2)9-18-10-16-12(3)19-17(20-13(16)4)14-6-5-7-15(21)8-14/h5-8,11,18,21H,9-10H2,1-4H3. The normalized spacial score (nSPS) is 11.1. The van der Waals surface area contributed by atoms with E-state index in [2.05, 4.69) is 29.1 Å². The van der Waals surface area contributed by atoms with Crippen LogP contribution in [0.1, 0.15) is 30.8 Å². The Morgan fingerprint density at radius 3 is 2.38 bits per heavy atom. The van der Waals surface area contributed by atoms with Crippen LogP contribution in [0.15, 0.2) is 24.3 Å². The second kappa shape index (κ2) is 6.68. The molecule has 0 fully saturated rings. The van der Waals surface area contributed by atoms with Crippen LogP contribution in [0.25, 0.3) is 11.4 Å². The van der Waals surface area contributed by atoms with Crippen molar-refractivity contribution in [1.29, 1.82) is 0 Å². The molecular weight excluding hydrogens is 262 g/mol. The number of rotatable bonds is 5. The van der Waals surface area contributed by atoms with Gasteiger partial charge in [0.15, 0.2) is 5.82 Å². The minimum absolute atomic E-state index is 0.231. The molecule has 2 N–H and O–H groups in total. The van der Waals surface area contributed by atoms with Crippen LogP contribution >= 0.6 is 0 Å². The van der Waals surface area contributed by atoms with Crippen molar-refractivity contribution < 1.29 is 5.11 Å². The first-order valence-corrected chi connectivity index (χ1v) is 7.31. The predicted octanol–water partition coefficient (Wildman–Crippen LogP) is 3.21. The Labute approximate surface area is 126 Å². The number of hydrogen-bond acceptors (Lipinski definition) is 4. The summed E-state index contributed by atoms with van der Waals surface area (Å²) in [5, 5.41) is 13.0. The summed E-state index contributed by atoms with van der Waals surface area (Å²) in [6, 6.07) is 7.04. The van der Waals surface area contributed by atoms with Gasteiger partial charge in [0.1, 0.15) is 5.75 Å². The van der Waals surface area contributed by atoms with E-state index in [4.69, 9.17) is 0 Å². The predicted molar refractivity (Wildman–Crippen MR) is 85.2 cm³/mol. The Kier molecular flexibility index (Phi) is 4.91. The first kappa shape index (κ1) is 15.4. The average molecular weight is 285 g/mol. The van der Waals surface area contributed by atoms with E-state index in [1.165, 1.54) is 0 Å². The molecule has 0 atom stereocenters. The van der Waals surface area contributed by atoms with E-state index in [1.807, 2.05) is 19.9 Å². The fourth-order valence-corrected chi connectivity index (χ4v) is 2.26. The summed E-state index contributed by atoms with van der Waals surface area (Å²) < 4.78 is 0. The van der Waals surface area contributed by atoms with Crippen molar-refractivity contribution in [2.45, 2.75) is 34.2 Å². The molecule has 2 aromatic rings. The fraction of sp³-hybridized carbons (Fsp3) is 0.412. The minimum Gasteiger partial charge on any atom is -0.508 e. The van der Waals surface area contributed by atoms with Gasteiger partial charge in [-0.1, -0.05) is 26.0 Å². The van der Waals surface area contributed by atoms with Gasteiger partial charge in [-0.3, -0.25) is 0 Å². The molecule has 0 saturated heterocycles. The Morgan fingerprint density at radius 2 is 1.81 bits per heavy atom. The van der Waals surface area contributed by atoms with Crippen LogP contribution in [0.3, 0.4) is 0 Å². The van der Waals surface area contributed by atoms with Crippen LogP contribution in [0.2, 0.25) is 0 Å². The van der Waals surface area contributed by atoms with Gasteiger partial charge in [0, 0.05) is 29.1 Å². The monoisotopic (exact) mass is 285 g/mol. The molecule has 0 spiro atoms. The SMILES string of the molecule is Cc1nc(-c2cccc(O)c2)nc(C)c1CNCC(C)C. The van der Waals surface area contributed by atoms with Gasteiger partial charge in [0.2, 0.25) is 0 Å². The topological polar surface area (TPSA) is 58.0 Å². The molecule has 0 radical (unpaired) electrons. The smallest absolute Gasteiger partial charge is 0.159 e. The van der Waals surface area contributed by atoms with Crippen LogP contribution in [0, 0.1) is 19.8 Å². The number of phenols is 1. The third kappa shape index (κ3) is 4.02. The zero-order chi connectivity index (χ0) is 15.4. The lowest BCUT2D eigenvalue weighted by Crippen LogP contribution is -2.21. The summed E-state index contributed by atoms with van der Waals surface area (Å²) >= 11 is 0. The lowest BCUT2D eigenvalue weighted by atomic mass is 10.1. The lowest BCUT2D eigenvalue weighted by molar-refractivity contribution is 0.475. The summed E-state index contributed by atoms with van der Waals surface area (Å²) in [6.45, 7) is 10.2. The van der Waals surface area contributed by atoms with Gasteiger partial charge in [-0.05, 0) is 38.4 Å². The molecule has 0 bridgehead atoms. The number of nitrogens with zero attached hydrogens (tertiary/aromatic N) is 2. The van der Waals surface area contributed by atoms with Gasteiger partial charge in [0.25, 0.3) is 0 Å². The van der Waals surface area contributed by atoms with Crippen molar-refractivity contribution >= 4 is 0 Å². The molecule has 0 aliphatic rings. The molecule has 1 aromatic heterocycles. The van der Waals surface area contributed by atoms with E-state index in [9.17, 15) is 5.11 Å². The molecule has 0 unspecified atom stereocenters. The molecule has 112 valence electrons.